The van der Waals surface area contributed by atoms with Crippen molar-refractivity contribution in [3.8, 4) is 22.4 Å². The van der Waals surface area contributed by atoms with Crippen LogP contribution in [-0.2, 0) is 12.7 Å². The molecule has 0 saturated carbocycles. The Morgan fingerprint density at radius 1 is 0.833 bits per heavy atom. The molecule has 2 saturated heterocycles. The lowest BCUT2D eigenvalue weighted by atomic mass is 9.92. The highest BCUT2D eigenvalue weighted by Gasteiger charge is 2.32. The molecule has 42 heavy (non-hydrogen) atoms. The number of hydrogen-bond acceptors (Lipinski definition) is 4. The summed E-state index contributed by atoms with van der Waals surface area (Å²) in [6, 6.07) is 20.7. The van der Waals surface area contributed by atoms with Gasteiger partial charge in [0.1, 0.15) is 0 Å². The highest BCUT2D eigenvalue weighted by atomic mass is 19.4. The van der Waals surface area contributed by atoms with Gasteiger partial charge < -0.3 is 10.0 Å². The first kappa shape index (κ1) is 28.4. The average molecular weight is 574 g/mol. The van der Waals surface area contributed by atoms with E-state index in [1.54, 1.807) is 12.1 Å². The maximum atomic E-state index is 13.7. The zero-order valence-corrected chi connectivity index (χ0v) is 23.4. The number of fused-ring (bicyclic) bond motifs is 1. The first-order valence-corrected chi connectivity index (χ1v) is 14.7. The van der Waals surface area contributed by atoms with Gasteiger partial charge in [-0.1, -0.05) is 55.0 Å². The number of aromatic carboxylic acids is 1. The van der Waals surface area contributed by atoms with Crippen LogP contribution in [0.5, 0.6) is 0 Å². The Morgan fingerprint density at radius 2 is 1.55 bits per heavy atom. The molecule has 2 aliphatic rings. The van der Waals surface area contributed by atoms with Crippen molar-refractivity contribution in [1.29, 1.82) is 0 Å². The molecule has 4 aromatic rings. The third kappa shape index (κ3) is 5.92. The van der Waals surface area contributed by atoms with E-state index < -0.39 is 17.7 Å². The van der Waals surface area contributed by atoms with Crippen LogP contribution in [-0.4, -0.2) is 58.1 Å². The van der Waals surface area contributed by atoms with E-state index in [-0.39, 0.29) is 16.8 Å². The van der Waals surface area contributed by atoms with Crippen LogP contribution in [0.4, 0.5) is 13.2 Å². The zero-order valence-electron chi connectivity index (χ0n) is 23.4. The number of rotatable bonds is 6. The summed E-state index contributed by atoms with van der Waals surface area (Å²) in [5.74, 6) is -1.11. The molecule has 2 fully saturated rings. The minimum Gasteiger partial charge on any atom is -0.478 e. The van der Waals surface area contributed by atoms with Crippen LogP contribution in [0.25, 0.3) is 33.3 Å². The summed E-state index contributed by atoms with van der Waals surface area (Å²) >= 11 is 0. The Morgan fingerprint density at radius 3 is 2.24 bits per heavy atom. The number of carboxylic acids is 1. The van der Waals surface area contributed by atoms with E-state index in [9.17, 15) is 23.1 Å². The maximum absolute atomic E-state index is 13.7. The van der Waals surface area contributed by atoms with Crippen LogP contribution in [0.3, 0.4) is 0 Å². The predicted molar refractivity (Wildman–Crippen MR) is 158 cm³/mol. The molecule has 0 atom stereocenters. The van der Waals surface area contributed by atoms with Crippen molar-refractivity contribution in [1.82, 2.24) is 14.8 Å². The molecule has 0 aliphatic carbocycles. The van der Waals surface area contributed by atoms with Gasteiger partial charge in [-0.05, 0) is 87.3 Å². The third-order valence-corrected chi connectivity index (χ3v) is 8.72. The third-order valence-electron chi connectivity index (χ3n) is 8.72. The van der Waals surface area contributed by atoms with E-state index in [4.69, 9.17) is 4.98 Å². The largest absolute Gasteiger partial charge is 0.478 e. The van der Waals surface area contributed by atoms with Crippen molar-refractivity contribution in [3.63, 3.8) is 0 Å². The molecule has 3 heterocycles. The van der Waals surface area contributed by atoms with Crippen LogP contribution in [0.2, 0.25) is 0 Å². The van der Waals surface area contributed by atoms with Crippen molar-refractivity contribution >= 4 is 16.9 Å². The van der Waals surface area contributed by atoms with E-state index in [0.717, 1.165) is 62.3 Å². The fraction of sp³-hybridized carbons (Fsp3) is 0.353. The van der Waals surface area contributed by atoms with Crippen molar-refractivity contribution in [2.75, 3.05) is 26.2 Å². The maximum Gasteiger partial charge on any atom is 0.416 e. The average Bonchev–Trinajstić information content (AvgIpc) is 3.01. The van der Waals surface area contributed by atoms with Crippen LogP contribution < -0.4 is 0 Å². The first-order valence-electron chi connectivity index (χ1n) is 14.7. The number of nitrogens with zero attached hydrogens (tertiary/aromatic N) is 3. The number of pyridine rings is 1. The summed E-state index contributed by atoms with van der Waals surface area (Å²) in [6.45, 7) is 4.16. The minimum absolute atomic E-state index is 0.100. The summed E-state index contributed by atoms with van der Waals surface area (Å²) in [7, 11) is 0. The minimum atomic E-state index is -4.52. The standard InChI is InChI=1S/C34H34F3N3O2/c35-34(36,37)26-11-7-10-25(20-26)32-29(22-39-18-14-27(15-19-39)40-16-5-2-6-17-40)31(33(41)42)28-21-24(12-13-30(28)38-32)23-8-3-1-4-9-23/h1,3-4,7-13,20-21,27H,2,5-6,14-19,22H2,(H,41,42). The van der Waals surface area contributed by atoms with Gasteiger partial charge in [-0.15, -0.1) is 0 Å². The second kappa shape index (κ2) is 11.9. The second-order valence-corrected chi connectivity index (χ2v) is 11.4. The number of alkyl halides is 3. The molecule has 1 N–H and O–H groups in total. The zero-order chi connectivity index (χ0) is 29.3. The molecule has 218 valence electrons. The lowest BCUT2D eigenvalue weighted by molar-refractivity contribution is -0.137. The molecule has 0 radical (unpaired) electrons. The van der Waals surface area contributed by atoms with Gasteiger partial charge in [-0.2, -0.15) is 13.2 Å². The van der Waals surface area contributed by atoms with Crippen LogP contribution in [0.15, 0.2) is 72.8 Å². The Labute approximate surface area is 243 Å². The fourth-order valence-corrected chi connectivity index (χ4v) is 6.54. The first-order chi connectivity index (χ1) is 20.3. The van der Waals surface area contributed by atoms with Crippen molar-refractivity contribution in [3.05, 3.63) is 89.5 Å². The number of carboxylic acid groups (broad SMARTS) is 1. The second-order valence-electron chi connectivity index (χ2n) is 11.4. The van der Waals surface area contributed by atoms with Gasteiger partial charge in [0.05, 0.1) is 22.3 Å². The van der Waals surface area contributed by atoms with Gasteiger partial charge in [-0.25, -0.2) is 9.78 Å². The predicted octanol–water partition coefficient (Wildman–Crippen LogP) is 7.74. The van der Waals surface area contributed by atoms with Gasteiger partial charge in [0.15, 0.2) is 0 Å². The molecule has 8 heteroatoms. The van der Waals surface area contributed by atoms with Crippen molar-refractivity contribution < 1.29 is 23.1 Å². The lowest BCUT2D eigenvalue weighted by Gasteiger charge is -2.40. The number of likely N-dealkylation sites (tertiary alicyclic amines) is 2. The normalized spacial score (nSPS) is 17.5. The van der Waals surface area contributed by atoms with Gasteiger partial charge >= 0.3 is 12.1 Å². The van der Waals surface area contributed by atoms with E-state index in [1.807, 2.05) is 42.5 Å². The number of halogens is 3. The molecule has 0 amide bonds. The summed E-state index contributed by atoms with van der Waals surface area (Å²) in [5.41, 5.74) is 2.56. The highest BCUT2D eigenvalue weighted by molar-refractivity contribution is 6.06. The number of benzene rings is 3. The van der Waals surface area contributed by atoms with E-state index in [2.05, 4.69) is 9.80 Å². The van der Waals surface area contributed by atoms with E-state index in [0.29, 0.717) is 29.1 Å². The number of carbonyl (C=O) groups is 1. The Bertz CT molecular complexity index is 1570. The highest BCUT2D eigenvalue weighted by Crippen LogP contribution is 2.37. The topological polar surface area (TPSA) is 56.7 Å². The van der Waals surface area contributed by atoms with Crippen LogP contribution in [0, 0.1) is 0 Å². The Kier molecular flexibility index (Phi) is 8.01. The monoisotopic (exact) mass is 573 g/mol. The fourth-order valence-electron chi connectivity index (χ4n) is 6.54. The molecule has 6 rings (SSSR count). The van der Waals surface area contributed by atoms with Gasteiger partial charge in [-0.3, -0.25) is 4.90 Å². The molecular weight excluding hydrogens is 539 g/mol. The summed E-state index contributed by atoms with van der Waals surface area (Å²) < 4.78 is 41.1. The quantitative estimate of drug-likeness (QED) is 0.256. The van der Waals surface area contributed by atoms with Crippen molar-refractivity contribution in [2.45, 2.75) is 50.9 Å². The molecule has 0 spiro atoms. The summed E-state index contributed by atoms with van der Waals surface area (Å²) in [5, 5.41) is 11.1. The summed E-state index contributed by atoms with van der Waals surface area (Å²) in [6.07, 6.45) is 1.20. The lowest BCUT2D eigenvalue weighted by Crippen LogP contribution is -2.46. The number of aromatic nitrogens is 1. The molecule has 5 nitrogen and oxygen atoms in total. The molecule has 1 aromatic heterocycles. The number of hydrogen-bond donors (Lipinski definition) is 1. The van der Waals surface area contributed by atoms with Crippen LogP contribution >= 0.6 is 0 Å². The van der Waals surface area contributed by atoms with E-state index in [1.165, 1.54) is 25.3 Å². The molecule has 3 aromatic carbocycles. The molecular formula is C34H34F3N3O2. The Hall–Kier alpha value is -3.75. The smallest absolute Gasteiger partial charge is 0.416 e. The Balaban J connectivity index is 1.44. The number of piperidine rings is 2. The SMILES string of the molecule is O=C(O)c1c(CN2CCC(N3CCCCC3)CC2)c(-c2cccc(C(F)(F)F)c2)nc2ccc(-c3ccccc3)cc12. The molecule has 0 unspecified atom stereocenters. The van der Waals surface area contributed by atoms with Crippen molar-refractivity contribution in [2.24, 2.45) is 0 Å². The van der Waals surface area contributed by atoms with E-state index >= 15 is 0 Å². The van der Waals surface area contributed by atoms with Gasteiger partial charge in [0, 0.05) is 29.1 Å². The van der Waals surface area contributed by atoms with Crippen LogP contribution in [0.1, 0.15) is 53.6 Å². The van der Waals surface area contributed by atoms with Gasteiger partial charge in [0.25, 0.3) is 0 Å². The summed E-state index contributed by atoms with van der Waals surface area (Å²) in [4.78, 5) is 22.6. The molecule has 2 aliphatic heterocycles. The van der Waals surface area contributed by atoms with Gasteiger partial charge in [0.2, 0.25) is 0 Å². The molecule has 0 bridgehead atoms.